The summed E-state index contributed by atoms with van der Waals surface area (Å²) in [5.41, 5.74) is 10.1. The van der Waals surface area contributed by atoms with E-state index in [1.807, 2.05) is 6.07 Å². The highest BCUT2D eigenvalue weighted by atomic mass is 19.1. The van der Waals surface area contributed by atoms with Gasteiger partial charge in [-0.2, -0.15) is 5.26 Å². The lowest BCUT2D eigenvalue weighted by Crippen LogP contribution is -2.24. The number of rotatable bonds is 1. The number of nitrogens with zero attached hydrogens (tertiary/aromatic N) is 1. The zero-order valence-corrected chi connectivity index (χ0v) is 11.0. The van der Waals surface area contributed by atoms with E-state index in [1.54, 1.807) is 6.07 Å². The fourth-order valence-corrected chi connectivity index (χ4v) is 2.91. The van der Waals surface area contributed by atoms with Gasteiger partial charge in [0, 0.05) is 17.5 Å². The number of pyridine rings is 1. The number of hydrogen-bond acceptors (Lipinski definition) is 2. The summed E-state index contributed by atoms with van der Waals surface area (Å²) in [4.78, 5) is 3.13. The van der Waals surface area contributed by atoms with Gasteiger partial charge in [-0.15, -0.1) is 0 Å². The molecule has 1 aromatic heterocycles. The number of nitrogens with two attached hydrogens (primary N) is 1. The van der Waals surface area contributed by atoms with Crippen molar-refractivity contribution in [3.63, 3.8) is 0 Å². The monoisotopic (exact) mass is 268 g/mol. The smallest absolute Gasteiger partial charge is 0.286 e. The lowest BCUT2D eigenvalue weighted by molar-refractivity contribution is -0.374. The maximum atomic E-state index is 13.5. The molecule has 2 aromatic rings. The van der Waals surface area contributed by atoms with Crippen molar-refractivity contribution < 1.29 is 9.37 Å². The SMILES string of the molecule is N#Cc1c(N)[nH+]c2c(c1-c1cccc(F)c1)CCCC2. The van der Waals surface area contributed by atoms with Gasteiger partial charge in [0.25, 0.3) is 5.82 Å². The van der Waals surface area contributed by atoms with Crippen molar-refractivity contribution in [2.75, 3.05) is 5.73 Å². The third-order valence-corrected chi connectivity index (χ3v) is 3.80. The lowest BCUT2D eigenvalue weighted by Gasteiger charge is -2.18. The first-order chi connectivity index (χ1) is 9.70. The fraction of sp³-hybridized carbons (Fsp3) is 0.250. The average molecular weight is 268 g/mol. The number of hydrogen-bond donors (Lipinski definition) is 1. The second-order valence-electron chi connectivity index (χ2n) is 5.08. The van der Waals surface area contributed by atoms with Crippen molar-refractivity contribution in [2.45, 2.75) is 25.7 Å². The molecule has 0 saturated heterocycles. The summed E-state index contributed by atoms with van der Waals surface area (Å²) in [6, 6.07) is 8.51. The summed E-state index contributed by atoms with van der Waals surface area (Å²) in [5, 5.41) is 9.39. The molecule has 20 heavy (non-hydrogen) atoms. The number of nitrogen functional groups attached to an aromatic ring is 1. The third kappa shape index (κ3) is 2.01. The van der Waals surface area contributed by atoms with Crippen LogP contribution in [-0.2, 0) is 12.8 Å². The number of anilines is 1. The van der Waals surface area contributed by atoms with Gasteiger partial charge in [0.1, 0.15) is 23.1 Å². The first-order valence-corrected chi connectivity index (χ1v) is 6.73. The summed E-state index contributed by atoms with van der Waals surface area (Å²) in [7, 11) is 0. The lowest BCUT2D eigenvalue weighted by atomic mass is 9.86. The highest BCUT2D eigenvalue weighted by molar-refractivity contribution is 5.77. The highest BCUT2D eigenvalue weighted by Gasteiger charge is 2.24. The molecule has 0 saturated carbocycles. The number of nitrogens with one attached hydrogen (secondary N) is 1. The molecule has 1 aliphatic carbocycles. The van der Waals surface area contributed by atoms with Gasteiger partial charge in [0.15, 0.2) is 0 Å². The van der Waals surface area contributed by atoms with E-state index in [4.69, 9.17) is 5.73 Å². The molecule has 0 aliphatic heterocycles. The second-order valence-corrected chi connectivity index (χ2v) is 5.08. The van der Waals surface area contributed by atoms with Crippen LogP contribution in [0.5, 0.6) is 0 Å². The van der Waals surface area contributed by atoms with Gasteiger partial charge in [-0.1, -0.05) is 12.1 Å². The standard InChI is InChI=1S/C16H14FN3/c17-11-5-3-4-10(8-11)15-12-6-1-2-7-14(12)20-16(19)13(15)9-18/h3-5,8H,1-2,6-7H2,(H2,19,20)/p+1. The van der Waals surface area contributed by atoms with E-state index in [-0.39, 0.29) is 5.82 Å². The van der Waals surface area contributed by atoms with Crippen molar-refractivity contribution in [3.8, 4) is 17.2 Å². The molecular weight excluding hydrogens is 253 g/mol. The van der Waals surface area contributed by atoms with E-state index in [1.165, 1.54) is 12.1 Å². The molecule has 0 fully saturated rings. The molecule has 3 N–H and O–H groups in total. The van der Waals surface area contributed by atoms with Gasteiger partial charge in [-0.25, -0.2) is 9.37 Å². The summed E-state index contributed by atoms with van der Waals surface area (Å²) in [6.45, 7) is 0. The van der Waals surface area contributed by atoms with Crippen molar-refractivity contribution >= 4 is 5.82 Å². The maximum absolute atomic E-state index is 13.5. The van der Waals surface area contributed by atoms with Gasteiger partial charge in [0.2, 0.25) is 0 Å². The molecule has 0 unspecified atom stereocenters. The van der Waals surface area contributed by atoms with E-state index >= 15 is 0 Å². The molecule has 0 amide bonds. The van der Waals surface area contributed by atoms with Crippen molar-refractivity contribution in [3.05, 3.63) is 46.9 Å². The van der Waals surface area contributed by atoms with Crippen LogP contribution in [0.25, 0.3) is 11.1 Å². The van der Waals surface area contributed by atoms with Gasteiger partial charge in [0.05, 0.1) is 0 Å². The molecule has 1 aromatic carbocycles. The van der Waals surface area contributed by atoms with Crippen molar-refractivity contribution in [1.82, 2.24) is 0 Å². The summed E-state index contributed by atoms with van der Waals surface area (Å²) < 4.78 is 13.5. The van der Waals surface area contributed by atoms with Gasteiger partial charge >= 0.3 is 0 Å². The van der Waals surface area contributed by atoms with Gasteiger partial charge in [-0.3, -0.25) is 5.73 Å². The van der Waals surface area contributed by atoms with E-state index < -0.39 is 0 Å². The van der Waals surface area contributed by atoms with Crippen LogP contribution in [0.15, 0.2) is 24.3 Å². The van der Waals surface area contributed by atoms with Gasteiger partial charge < -0.3 is 0 Å². The normalized spacial score (nSPS) is 13.6. The largest absolute Gasteiger partial charge is 0.289 e. The van der Waals surface area contributed by atoms with Crippen LogP contribution in [0.2, 0.25) is 0 Å². The van der Waals surface area contributed by atoms with Crippen LogP contribution in [0, 0.1) is 17.1 Å². The fourth-order valence-electron chi connectivity index (χ4n) is 2.91. The van der Waals surface area contributed by atoms with Crippen LogP contribution < -0.4 is 10.7 Å². The molecule has 1 heterocycles. The van der Waals surface area contributed by atoms with E-state index in [2.05, 4.69) is 11.1 Å². The Balaban J connectivity index is 2.32. The summed E-state index contributed by atoms with van der Waals surface area (Å²) in [5.74, 6) is 0.0646. The Morgan fingerprint density at radius 1 is 1.25 bits per heavy atom. The number of aromatic nitrogens is 1. The van der Waals surface area contributed by atoms with Crippen LogP contribution in [0.3, 0.4) is 0 Å². The summed E-state index contributed by atoms with van der Waals surface area (Å²) >= 11 is 0. The minimum absolute atomic E-state index is 0.303. The number of nitriles is 1. The minimum atomic E-state index is -0.303. The molecule has 4 heteroatoms. The number of fused-ring (bicyclic) bond motifs is 1. The quantitative estimate of drug-likeness (QED) is 0.864. The van der Waals surface area contributed by atoms with Crippen LogP contribution in [-0.4, -0.2) is 0 Å². The Labute approximate surface area is 116 Å². The van der Waals surface area contributed by atoms with E-state index in [0.29, 0.717) is 11.4 Å². The molecule has 1 aliphatic rings. The topological polar surface area (TPSA) is 64.0 Å². The minimum Gasteiger partial charge on any atom is -0.286 e. The molecule has 0 radical (unpaired) electrons. The third-order valence-electron chi connectivity index (χ3n) is 3.80. The predicted molar refractivity (Wildman–Crippen MR) is 74.2 cm³/mol. The van der Waals surface area contributed by atoms with Gasteiger partial charge in [-0.05, 0) is 37.0 Å². The maximum Gasteiger partial charge on any atom is 0.289 e. The number of H-pyrrole nitrogens is 1. The Morgan fingerprint density at radius 2 is 2.05 bits per heavy atom. The number of aryl methyl sites for hydroxylation is 1. The van der Waals surface area contributed by atoms with Crippen LogP contribution in [0.4, 0.5) is 10.2 Å². The molecule has 100 valence electrons. The molecule has 3 nitrogen and oxygen atoms in total. The predicted octanol–water partition coefficient (Wildman–Crippen LogP) is 2.64. The van der Waals surface area contributed by atoms with E-state index in [9.17, 15) is 9.65 Å². The Kier molecular flexibility index (Phi) is 3.11. The average Bonchev–Trinajstić information content (AvgIpc) is 2.45. The highest BCUT2D eigenvalue weighted by Crippen LogP contribution is 2.34. The molecule has 0 spiro atoms. The Hall–Kier alpha value is -2.41. The Bertz CT molecular complexity index is 716. The van der Waals surface area contributed by atoms with Crippen molar-refractivity contribution in [1.29, 1.82) is 5.26 Å². The second kappa shape index (κ2) is 4.93. The molecule has 0 atom stereocenters. The Morgan fingerprint density at radius 3 is 2.80 bits per heavy atom. The van der Waals surface area contributed by atoms with Crippen molar-refractivity contribution in [2.24, 2.45) is 0 Å². The first-order valence-electron chi connectivity index (χ1n) is 6.73. The van der Waals surface area contributed by atoms with Crippen LogP contribution in [0.1, 0.15) is 29.7 Å². The molecule has 0 bridgehead atoms. The zero-order valence-electron chi connectivity index (χ0n) is 11.0. The van der Waals surface area contributed by atoms with Crippen LogP contribution >= 0.6 is 0 Å². The van der Waals surface area contributed by atoms with E-state index in [0.717, 1.165) is 48.1 Å². The summed E-state index contributed by atoms with van der Waals surface area (Å²) in [6.07, 6.45) is 4.01. The molecule has 3 rings (SSSR count). The number of halogens is 1. The first kappa shape index (κ1) is 12.6. The number of benzene rings is 1. The number of aromatic amines is 1. The molecular formula is C16H15FN3+. The zero-order chi connectivity index (χ0) is 14.1.